The average Bonchev–Trinajstić information content (AvgIpc) is 3.39. The van der Waals surface area contributed by atoms with Gasteiger partial charge in [0.2, 0.25) is 0 Å². The van der Waals surface area contributed by atoms with Crippen molar-refractivity contribution in [3.63, 3.8) is 0 Å². The number of aromatic amines is 1. The molecule has 3 aromatic heterocycles. The molecule has 0 atom stereocenters. The molecule has 162 valence electrons. The number of piperidine rings is 1. The van der Waals surface area contributed by atoms with Gasteiger partial charge in [0.05, 0.1) is 5.69 Å². The van der Waals surface area contributed by atoms with Crippen LogP contribution in [-0.2, 0) is 0 Å². The number of benzene rings is 1. The van der Waals surface area contributed by atoms with Crippen LogP contribution in [0.2, 0.25) is 0 Å². The molecule has 31 heavy (non-hydrogen) atoms. The zero-order chi connectivity index (χ0) is 21.5. The molecule has 1 aliphatic rings. The Bertz CT molecular complexity index is 1210. The highest BCUT2D eigenvalue weighted by atomic mass is 15.5. The fourth-order valence-electron chi connectivity index (χ4n) is 5.26. The third-order valence-electron chi connectivity index (χ3n) is 6.81. The van der Waals surface area contributed by atoms with E-state index in [0.29, 0.717) is 11.8 Å². The van der Waals surface area contributed by atoms with Gasteiger partial charge >= 0.3 is 0 Å². The van der Waals surface area contributed by atoms with Gasteiger partial charge in [0.15, 0.2) is 5.65 Å². The zero-order valence-corrected chi connectivity index (χ0v) is 19.0. The van der Waals surface area contributed by atoms with Gasteiger partial charge in [0.1, 0.15) is 0 Å². The molecular weight excluding hydrogens is 384 g/mol. The summed E-state index contributed by atoms with van der Waals surface area (Å²) in [4.78, 5) is 6.32. The summed E-state index contributed by atoms with van der Waals surface area (Å²) in [6.45, 7) is 12.6. The molecule has 5 rings (SSSR count). The minimum absolute atomic E-state index is 0.412. The molecule has 0 unspecified atom stereocenters. The van der Waals surface area contributed by atoms with Crippen LogP contribution in [0.15, 0.2) is 30.5 Å². The van der Waals surface area contributed by atoms with E-state index in [0.717, 1.165) is 16.8 Å². The summed E-state index contributed by atoms with van der Waals surface area (Å²) in [6.07, 6.45) is 5.80. The van der Waals surface area contributed by atoms with Crippen molar-refractivity contribution < 1.29 is 0 Å². The van der Waals surface area contributed by atoms with Gasteiger partial charge in [-0.25, -0.2) is 0 Å². The third-order valence-corrected chi connectivity index (χ3v) is 6.81. The summed E-state index contributed by atoms with van der Waals surface area (Å²) >= 11 is 0. The smallest absolute Gasteiger partial charge is 0.182 e. The molecule has 0 spiro atoms. The van der Waals surface area contributed by atoms with E-state index in [1.807, 2.05) is 6.20 Å². The number of hydrogen-bond donors (Lipinski definition) is 1. The van der Waals surface area contributed by atoms with Crippen LogP contribution in [0.4, 0.5) is 0 Å². The minimum atomic E-state index is 0.412. The summed E-state index contributed by atoms with van der Waals surface area (Å²) in [5.41, 5.74) is 8.28. The van der Waals surface area contributed by atoms with E-state index in [4.69, 9.17) is 0 Å². The number of nitrogens with one attached hydrogen (secondary N) is 1. The van der Waals surface area contributed by atoms with Crippen LogP contribution in [0.1, 0.15) is 68.6 Å². The second-order valence-corrected chi connectivity index (χ2v) is 9.35. The third kappa shape index (κ3) is 3.63. The Hall–Kier alpha value is -2.73. The number of rotatable bonds is 5. The standard InChI is InChI=1S/C25H32N6/c1-5-10-30-11-8-18(9-12-30)19-6-7-22-21(14-19)23(16(2)3)24(26-22)20-13-17(4)25-27-28-29-31(25)15-20/h6-7,13-16,18,26H,5,8-12H2,1-4H3. The first-order valence-electron chi connectivity index (χ1n) is 11.6. The molecule has 0 saturated carbocycles. The molecule has 1 N–H and O–H groups in total. The van der Waals surface area contributed by atoms with Crippen molar-refractivity contribution in [2.75, 3.05) is 19.6 Å². The Morgan fingerprint density at radius 3 is 2.71 bits per heavy atom. The highest BCUT2D eigenvalue weighted by molar-refractivity contribution is 5.92. The average molecular weight is 417 g/mol. The van der Waals surface area contributed by atoms with Crippen molar-refractivity contribution >= 4 is 16.6 Å². The molecule has 1 saturated heterocycles. The molecular formula is C25H32N6. The van der Waals surface area contributed by atoms with Crippen molar-refractivity contribution in [3.8, 4) is 11.3 Å². The van der Waals surface area contributed by atoms with Gasteiger partial charge in [-0.05, 0) is 103 Å². The van der Waals surface area contributed by atoms with Gasteiger partial charge in [0.25, 0.3) is 0 Å². The molecule has 6 heteroatoms. The van der Waals surface area contributed by atoms with Crippen LogP contribution in [0.5, 0.6) is 0 Å². The lowest BCUT2D eigenvalue weighted by Gasteiger charge is -2.32. The fourth-order valence-corrected chi connectivity index (χ4v) is 5.26. The van der Waals surface area contributed by atoms with Crippen LogP contribution in [0.25, 0.3) is 27.8 Å². The molecule has 0 amide bonds. The maximum Gasteiger partial charge on any atom is 0.182 e. The monoisotopic (exact) mass is 416 g/mol. The Kier molecular flexibility index (Phi) is 5.26. The predicted octanol–water partition coefficient (Wildman–Crippen LogP) is 5.29. The first-order valence-corrected chi connectivity index (χ1v) is 11.6. The van der Waals surface area contributed by atoms with Crippen LogP contribution in [0.3, 0.4) is 0 Å². The number of aromatic nitrogens is 5. The number of tetrazole rings is 1. The van der Waals surface area contributed by atoms with E-state index in [2.05, 4.69) is 77.4 Å². The predicted molar refractivity (Wildman–Crippen MR) is 126 cm³/mol. The number of aryl methyl sites for hydroxylation is 1. The number of hydrogen-bond acceptors (Lipinski definition) is 4. The lowest BCUT2D eigenvalue weighted by atomic mass is 9.87. The van der Waals surface area contributed by atoms with Gasteiger partial charge in [0, 0.05) is 22.7 Å². The van der Waals surface area contributed by atoms with E-state index in [1.54, 1.807) is 4.52 Å². The van der Waals surface area contributed by atoms with Crippen LogP contribution in [-0.4, -0.2) is 49.6 Å². The Balaban J connectivity index is 1.55. The van der Waals surface area contributed by atoms with E-state index < -0.39 is 0 Å². The summed E-state index contributed by atoms with van der Waals surface area (Å²) < 4.78 is 1.77. The van der Waals surface area contributed by atoms with Gasteiger partial charge < -0.3 is 9.88 Å². The molecule has 0 bridgehead atoms. The number of nitrogens with zero attached hydrogens (tertiary/aromatic N) is 5. The first-order chi connectivity index (χ1) is 15.0. The Morgan fingerprint density at radius 1 is 1.16 bits per heavy atom. The van der Waals surface area contributed by atoms with Crippen molar-refractivity contribution in [3.05, 3.63) is 47.2 Å². The molecule has 0 aliphatic carbocycles. The second kappa shape index (κ2) is 8.08. The molecule has 0 radical (unpaired) electrons. The molecule has 1 aliphatic heterocycles. The Labute approximate surface area is 183 Å². The van der Waals surface area contributed by atoms with E-state index >= 15 is 0 Å². The van der Waals surface area contributed by atoms with Crippen molar-refractivity contribution in [2.45, 2.75) is 58.8 Å². The number of H-pyrrole nitrogens is 1. The Morgan fingerprint density at radius 2 is 1.97 bits per heavy atom. The van der Waals surface area contributed by atoms with Crippen molar-refractivity contribution in [2.24, 2.45) is 0 Å². The SMILES string of the molecule is CCCN1CCC(c2ccc3[nH]c(-c4cc(C)c5nnnn5c4)c(C(C)C)c3c2)CC1. The second-order valence-electron chi connectivity index (χ2n) is 9.35. The largest absolute Gasteiger partial charge is 0.354 e. The van der Waals surface area contributed by atoms with E-state index in [-0.39, 0.29) is 0 Å². The quantitative estimate of drug-likeness (QED) is 0.480. The molecule has 4 aromatic rings. The minimum Gasteiger partial charge on any atom is -0.354 e. The van der Waals surface area contributed by atoms with Crippen molar-refractivity contribution in [1.82, 2.24) is 29.9 Å². The number of fused-ring (bicyclic) bond motifs is 2. The summed E-state index contributed by atoms with van der Waals surface area (Å²) in [5.74, 6) is 1.07. The number of pyridine rings is 1. The normalized spacial score (nSPS) is 16.2. The summed E-state index contributed by atoms with van der Waals surface area (Å²) in [7, 11) is 0. The van der Waals surface area contributed by atoms with Crippen LogP contribution in [0, 0.1) is 6.92 Å². The van der Waals surface area contributed by atoms with Crippen molar-refractivity contribution in [1.29, 1.82) is 0 Å². The maximum absolute atomic E-state index is 4.13. The highest BCUT2D eigenvalue weighted by Crippen LogP contribution is 2.38. The van der Waals surface area contributed by atoms with Crippen LogP contribution >= 0.6 is 0 Å². The highest BCUT2D eigenvalue weighted by Gasteiger charge is 2.22. The summed E-state index contributed by atoms with van der Waals surface area (Å²) in [6, 6.07) is 9.25. The zero-order valence-electron chi connectivity index (χ0n) is 19.0. The van der Waals surface area contributed by atoms with E-state index in [9.17, 15) is 0 Å². The molecule has 6 nitrogen and oxygen atoms in total. The topological polar surface area (TPSA) is 62.1 Å². The fraction of sp³-hybridized carbons (Fsp3) is 0.480. The number of likely N-dealkylation sites (tertiary alicyclic amines) is 1. The lowest BCUT2D eigenvalue weighted by molar-refractivity contribution is 0.213. The van der Waals surface area contributed by atoms with E-state index in [1.165, 1.54) is 66.6 Å². The molecule has 1 fully saturated rings. The first kappa shape index (κ1) is 20.2. The molecule has 1 aromatic carbocycles. The molecule has 4 heterocycles. The van der Waals surface area contributed by atoms with Gasteiger partial charge in [-0.15, -0.1) is 5.10 Å². The van der Waals surface area contributed by atoms with Gasteiger partial charge in [-0.2, -0.15) is 4.52 Å². The summed E-state index contributed by atoms with van der Waals surface area (Å²) in [5, 5.41) is 13.4. The van der Waals surface area contributed by atoms with Gasteiger partial charge in [-0.1, -0.05) is 26.8 Å². The maximum atomic E-state index is 4.13. The lowest BCUT2D eigenvalue weighted by Crippen LogP contribution is -2.33. The van der Waals surface area contributed by atoms with Crippen LogP contribution < -0.4 is 0 Å². The van der Waals surface area contributed by atoms with Gasteiger partial charge in [-0.3, -0.25) is 0 Å².